The van der Waals surface area contributed by atoms with Crippen LogP contribution in [0.1, 0.15) is 11.5 Å². The highest BCUT2D eigenvalue weighted by molar-refractivity contribution is 6.42. The number of benzene rings is 3. The number of amides is 1. The van der Waals surface area contributed by atoms with E-state index in [0.717, 1.165) is 22.0 Å². The number of rotatable bonds is 5. The Kier molecular flexibility index (Phi) is 5.53. The highest BCUT2D eigenvalue weighted by Gasteiger charge is 2.21. The van der Waals surface area contributed by atoms with Crippen LogP contribution in [0.5, 0.6) is 0 Å². The van der Waals surface area contributed by atoms with Crippen LogP contribution in [0, 0.1) is 0 Å². The van der Waals surface area contributed by atoms with E-state index >= 15 is 0 Å². The molecule has 3 aromatic carbocycles. The molecule has 0 saturated heterocycles. The first-order chi connectivity index (χ1) is 14.1. The van der Waals surface area contributed by atoms with E-state index in [1.54, 1.807) is 24.4 Å². The molecule has 0 aliphatic rings. The van der Waals surface area contributed by atoms with E-state index in [2.05, 4.69) is 15.5 Å². The van der Waals surface area contributed by atoms with E-state index < -0.39 is 5.92 Å². The molecule has 1 atom stereocenters. The predicted molar refractivity (Wildman–Crippen MR) is 118 cm³/mol. The van der Waals surface area contributed by atoms with Gasteiger partial charge in [0.15, 0.2) is 0 Å². The molecular formula is C22H18Cl2N4O. The van der Waals surface area contributed by atoms with Crippen LogP contribution in [0.3, 0.4) is 0 Å². The maximum Gasteiger partial charge on any atom is 0.233 e. The van der Waals surface area contributed by atoms with E-state index in [-0.39, 0.29) is 12.5 Å². The molecule has 0 bridgehead atoms. The fourth-order valence-corrected chi connectivity index (χ4v) is 3.63. The molecule has 0 aliphatic carbocycles. The summed E-state index contributed by atoms with van der Waals surface area (Å²) in [5.74, 6) is -0.766. The summed E-state index contributed by atoms with van der Waals surface area (Å²) in [6, 6.07) is 18.8. The first kappa shape index (κ1) is 19.5. The Morgan fingerprint density at radius 1 is 1.07 bits per heavy atom. The van der Waals surface area contributed by atoms with E-state index in [9.17, 15) is 4.79 Å². The number of H-pyrrole nitrogens is 1. The van der Waals surface area contributed by atoms with E-state index in [4.69, 9.17) is 28.9 Å². The molecule has 0 radical (unpaired) electrons. The molecule has 1 unspecified atom stereocenters. The minimum atomic E-state index is -0.551. The quantitative estimate of drug-likeness (QED) is 0.410. The fourth-order valence-electron chi connectivity index (χ4n) is 3.33. The molecule has 5 nitrogen and oxygen atoms in total. The predicted octanol–water partition coefficient (Wildman–Crippen LogP) is 5.22. The molecule has 4 aromatic rings. The number of nitrogens with zero attached hydrogens (tertiary/aromatic N) is 1. The maximum absolute atomic E-state index is 13.0. The zero-order valence-electron chi connectivity index (χ0n) is 15.3. The minimum Gasteiger partial charge on any atom is -0.329 e. The van der Waals surface area contributed by atoms with Gasteiger partial charge in [-0.25, -0.2) is 0 Å². The van der Waals surface area contributed by atoms with Crippen molar-refractivity contribution in [2.45, 2.75) is 5.92 Å². The lowest BCUT2D eigenvalue weighted by Gasteiger charge is -2.17. The Morgan fingerprint density at radius 2 is 1.86 bits per heavy atom. The van der Waals surface area contributed by atoms with Crippen LogP contribution < -0.4 is 11.1 Å². The first-order valence-corrected chi connectivity index (χ1v) is 9.81. The van der Waals surface area contributed by atoms with Crippen LogP contribution in [-0.2, 0) is 4.79 Å². The molecule has 1 amide bonds. The van der Waals surface area contributed by atoms with Crippen molar-refractivity contribution in [3.8, 4) is 11.1 Å². The van der Waals surface area contributed by atoms with Crippen LogP contribution >= 0.6 is 23.2 Å². The van der Waals surface area contributed by atoms with Gasteiger partial charge >= 0.3 is 0 Å². The number of aromatic amines is 1. The molecule has 0 saturated carbocycles. The Balaban J connectivity index is 1.68. The molecule has 146 valence electrons. The Labute approximate surface area is 177 Å². The number of carbonyl (C=O) groups excluding carboxylic acids is 1. The topological polar surface area (TPSA) is 83.8 Å². The van der Waals surface area contributed by atoms with Crippen molar-refractivity contribution >= 4 is 45.7 Å². The van der Waals surface area contributed by atoms with Crippen molar-refractivity contribution in [3.05, 3.63) is 82.5 Å². The lowest BCUT2D eigenvalue weighted by atomic mass is 9.97. The summed E-state index contributed by atoms with van der Waals surface area (Å²) in [6.45, 7) is 0.142. The van der Waals surface area contributed by atoms with Gasteiger partial charge in [0.05, 0.1) is 27.7 Å². The number of aromatic nitrogens is 2. The van der Waals surface area contributed by atoms with Gasteiger partial charge in [0.25, 0.3) is 0 Å². The molecule has 0 fully saturated rings. The summed E-state index contributed by atoms with van der Waals surface area (Å²) in [5, 5.41) is 11.9. The summed E-state index contributed by atoms with van der Waals surface area (Å²) < 4.78 is 0. The van der Waals surface area contributed by atoms with E-state index in [1.807, 2.05) is 42.5 Å². The Morgan fingerprint density at radius 3 is 2.59 bits per heavy atom. The standard InChI is InChI=1S/C22H18Cl2N4O/c23-19-7-6-14(9-20(19)24)18(11-25)22(29)27-16-8-15-12-26-28-21(15)17(10-16)13-4-2-1-3-5-13/h1-10,12,18H,11,25H2,(H,26,28)(H,27,29). The lowest BCUT2D eigenvalue weighted by Crippen LogP contribution is -2.27. The van der Waals surface area contributed by atoms with Gasteiger partial charge in [-0.3, -0.25) is 9.89 Å². The van der Waals surface area contributed by atoms with Gasteiger partial charge in [-0.2, -0.15) is 5.10 Å². The Bertz CT molecular complexity index is 1170. The number of carbonyl (C=O) groups is 1. The van der Waals surface area contributed by atoms with Crippen molar-refractivity contribution in [3.63, 3.8) is 0 Å². The zero-order valence-corrected chi connectivity index (χ0v) is 16.8. The van der Waals surface area contributed by atoms with Crippen LogP contribution in [0.4, 0.5) is 5.69 Å². The van der Waals surface area contributed by atoms with E-state index in [1.165, 1.54) is 0 Å². The van der Waals surface area contributed by atoms with Gasteiger partial charge in [-0.05, 0) is 35.4 Å². The van der Waals surface area contributed by atoms with Crippen molar-refractivity contribution in [1.29, 1.82) is 0 Å². The molecule has 1 heterocycles. The van der Waals surface area contributed by atoms with Gasteiger partial charge in [0.1, 0.15) is 0 Å². The number of fused-ring (bicyclic) bond motifs is 1. The monoisotopic (exact) mass is 424 g/mol. The third kappa shape index (κ3) is 3.98. The van der Waals surface area contributed by atoms with Crippen molar-refractivity contribution in [2.75, 3.05) is 11.9 Å². The summed E-state index contributed by atoms with van der Waals surface area (Å²) in [5.41, 5.74) is 10.2. The molecule has 4 N–H and O–H groups in total. The van der Waals surface area contributed by atoms with Crippen LogP contribution in [0.15, 0.2) is 66.9 Å². The minimum absolute atomic E-state index is 0.142. The number of nitrogens with one attached hydrogen (secondary N) is 2. The average Bonchev–Trinajstić information content (AvgIpc) is 3.20. The molecule has 0 spiro atoms. The second-order valence-corrected chi connectivity index (χ2v) is 7.49. The van der Waals surface area contributed by atoms with Crippen molar-refractivity contribution in [2.24, 2.45) is 5.73 Å². The molecular weight excluding hydrogens is 407 g/mol. The van der Waals surface area contributed by atoms with Crippen LogP contribution in [-0.4, -0.2) is 22.6 Å². The van der Waals surface area contributed by atoms with Crippen LogP contribution in [0.25, 0.3) is 22.0 Å². The smallest absolute Gasteiger partial charge is 0.233 e. The average molecular weight is 425 g/mol. The van der Waals surface area contributed by atoms with Gasteiger partial charge in [-0.1, -0.05) is 59.6 Å². The number of halogens is 2. The number of nitrogens with two attached hydrogens (primary N) is 1. The summed E-state index contributed by atoms with van der Waals surface area (Å²) >= 11 is 12.1. The molecule has 0 aliphatic heterocycles. The number of hydrogen-bond donors (Lipinski definition) is 3. The fraction of sp³-hybridized carbons (Fsp3) is 0.0909. The summed E-state index contributed by atoms with van der Waals surface area (Å²) in [6.07, 6.45) is 1.73. The number of anilines is 1. The lowest BCUT2D eigenvalue weighted by molar-refractivity contribution is -0.117. The zero-order chi connectivity index (χ0) is 20.4. The largest absolute Gasteiger partial charge is 0.329 e. The SMILES string of the molecule is NCC(C(=O)Nc1cc(-c2ccccc2)c2[nH]ncc2c1)c1ccc(Cl)c(Cl)c1. The van der Waals surface area contributed by atoms with Gasteiger partial charge in [0.2, 0.25) is 5.91 Å². The van der Waals surface area contributed by atoms with Gasteiger partial charge in [-0.15, -0.1) is 0 Å². The van der Waals surface area contributed by atoms with E-state index in [0.29, 0.717) is 21.3 Å². The maximum atomic E-state index is 13.0. The molecule has 29 heavy (non-hydrogen) atoms. The van der Waals surface area contributed by atoms with Gasteiger partial charge in [0, 0.05) is 23.2 Å². The summed E-state index contributed by atoms with van der Waals surface area (Å²) in [4.78, 5) is 13.0. The van der Waals surface area contributed by atoms with Gasteiger partial charge < -0.3 is 11.1 Å². The summed E-state index contributed by atoms with van der Waals surface area (Å²) in [7, 11) is 0. The van der Waals surface area contributed by atoms with Crippen molar-refractivity contribution < 1.29 is 4.79 Å². The second-order valence-electron chi connectivity index (χ2n) is 6.68. The molecule has 7 heteroatoms. The molecule has 1 aromatic heterocycles. The highest BCUT2D eigenvalue weighted by Crippen LogP contribution is 2.32. The third-order valence-electron chi connectivity index (χ3n) is 4.80. The van der Waals surface area contributed by atoms with Crippen LogP contribution in [0.2, 0.25) is 10.0 Å². The second kappa shape index (κ2) is 8.25. The highest BCUT2D eigenvalue weighted by atomic mass is 35.5. The third-order valence-corrected chi connectivity index (χ3v) is 5.54. The normalized spacial score (nSPS) is 12.1. The first-order valence-electron chi connectivity index (χ1n) is 9.05. The number of hydrogen-bond acceptors (Lipinski definition) is 3. The Hall–Kier alpha value is -2.86. The molecule has 4 rings (SSSR count). The van der Waals surface area contributed by atoms with Crippen molar-refractivity contribution in [1.82, 2.24) is 10.2 Å².